The highest BCUT2D eigenvalue weighted by Crippen LogP contribution is 2.37. The van der Waals surface area contributed by atoms with Gasteiger partial charge < -0.3 is 23.7 Å². The maximum atomic E-state index is 12.4. The second-order valence-corrected chi connectivity index (χ2v) is 6.67. The summed E-state index contributed by atoms with van der Waals surface area (Å²) in [5.74, 6) is 0.686. The molecule has 7 nitrogen and oxygen atoms in total. The zero-order valence-electron chi connectivity index (χ0n) is 16.2. The van der Waals surface area contributed by atoms with Crippen molar-refractivity contribution in [2.45, 2.75) is 19.8 Å². The normalized spacial score (nSPS) is 11.8. The zero-order chi connectivity index (χ0) is 20.8. The molecule has 1 heterocycles. The predicted octanol–water partition coefficient (Wildman–Crippen LogP) is 4.30. The largest absolute Gasteiger partial charge is 0.493 e. The van der Waals surface area contributed by atoms with Gasteiger partial charge in [-0.1, -0.05) is 24.9 Å². The van der Waals surface area contributed by atoms with Crippen LogP contribution in [-0.2, 0) is 4.74 Å². The van der Waals surface area contributed by atoms with Gasteiger partial charge in [0.15, 0.2) is 35.4 Å². The molecule has 0 fully saturated rings. The van der Waals surface area contributed by atoms with Crippen LogP contribution in [0.1, 0.15) is 40.5 Å². The van der Waals surface area contributed by atoms with Gasteiger partial charge in [-0.25, -0.2) is 4.79 Å². The van der Waals surface area contributed by atoms with Crippen LogP contribution < -0.4 is 18.9 Å². The highest BCUT2D eigenvalue weighted by molar-refractivity contribution is 6.32. The Labute approximate surface area is 173 Å². The fourth-order valence-electron chi connectivity index (χ4n) is 2.66. The molecule has 0 spiro atoms. The molecule has 2 aromatic carbocycles. The van der Waals surface area contributed by atoms with E-state index in [0.717, 1.165) is 12.8 Å². The summed E-state index contributed by atoms with van der Waals surface area (Å²) in [6.07, 6.45) is 1.84. The van der Waals surface area contributed by atoms with Gasteiger partial charge in [-0.3, -0.25) is 4.79 Å². The lowest BCUT2D eigenvalue weighted by Crippen LogP contribution is -2.14. The number of ketones is 1. The number of rotatable bonds is 9. The van der Waals surface area contributed by atoms with Gasteiger partial charge in [0, 0.05) is 5.56 Å². The Morgan fingerprint density at radius 2 is 1.90 bits per heavy atom. The molecule has 0 N–H and O–H groups in total. The maximum absolute atomic E-state index is 12.4. The van der Waals surface area contributed by atoms with Gasteiger partial charge in [0.25, 0.3) is 0 Å². The molecule has 0 aliphatic carbocycles. The van der Waals surface area contributed by atoms with E-state index < -0.39 is 12.6 Å². The molecule has 0 radical (unpaired) electrons. The third-order valence-corrected chi connectivity index (χ3v) is 4.52. The molecule has 2 aromatic rings. The summed E-state index contributed by atoms with van der Waals surface area (Å²) in [7, 11) is 1.45. The Morgan fingerprint density at radius 1 is 1.10 bits per heavy atom. The Morgan fingerprint density at radius 3 is 2.66 bits per heavy atom. The van der Waals surface area contributed by atoms with E-state index >= 15 is 0 Å². The fourth-order valence-corrected chi connectivity index (χ4v) is 2.93. The highest BCUT2D eigenvalue weighted by atomic mass is 35.5. The first-order chi connectivity index (χ1) is 14.0. The first-order valence-corrected chi connectivity index (χ1v) is 9.51. The number of halogens is 1. The molecule has 1 aliphatic heterocycles. The minimum atomic E-state index is -0.695. The van der Waals surface area contributed by atoms with Crippen molar-refractivity contribution in [3.63, 3.8) is 0 Å². The van der Waals surface area contributed by atoms with Crippen LogP contribution in [0.2, 0.25) is 5.02 Å². The van der Waals surface area contributed by atoms with Crippen LogP contribution in [0.15, 0.2) is 30.3 Å². The van der Waals surface area contributed by atoms with Crippen molar-refractivity contribution in [3.8, 4) is 23.0 Å². The number of unbranched alkanes of at least 4 members (excludes halogenated alkanes) is 1. The topological polar surface area (TPSA) is 80.3 Å². The molecule has 8 heteroatoms. The quantitative estimate of drug-likeness (QED) is 0.340. The molecule has 0 amide bonds. The van der Waals surface area contributed by atoms with Crippen molar-refractivity contribution in [2.24, 2.45) is 0 Å². The van der Waals surface area contributed by atoms with E-state index in [2.05, 4.69) is 0 Å². The van der Waals surface area contributed by atoms with E-state index in [1.54, 1.807) is 18.2 Å². The van der Waals surface area contributed by atoms with Gasteiger partial charge in [-0.05, 0) is 36.8 Å². The maximum Gasteiger partial charge on any atom is 0.338 e. The van der Waals surface area contributed by atoms with Gasteiger partial charge >= 0.3 is 5.97 Å². The molecule has 0 aromatic heterocycles. The number of Topliss-reactive ketones (excluding diaryl/α,β-unsaturated/α-hetero) is 1. The van der Waals surface area contributed by atoms with Gasteiger partial charge in [0.1, 0.15) is 0 Å². The molecule has 0 saturated carbocycles. The number of hydrogen-bond acceptors (Lipinski definition) is 7. The van der Waals surface area contributed by atoms with Crippen LogP contribution in [0, 0.1) is 0 Å². The first kappa shape index (κ1) is 20.8. The second kappa shape index (κ2) is 9.52. The van der Waals surface area contributed by atoms with Crippen molar-refractivity contribution >= 4 is 23.4 Å². The summed E-state index contributed by atoms with van der Waals surface area (Å²) >= 11 is 6.24. The van der Waals surface area contributed by atoms with E-state index in [1.807, 2.05) is 6.92 Å². The lowest BCUT2D eigenvalue weighted by molar-refractivity contribution is 0.0474. The lowest BCUT2D eigenvalue weighted by atomic mass is 10.1. The van der Waals surface area contributed by atoms with Crippen molar-refractivity contribution < 1.29 is 33.3 Å². The summed E-state index contributed by atoms with van der Waals surface area (Å²) in [4.78, 5) is 24.7. The predicted molar refractivity (Wildman–Crippen MR) is 106 cm³/mol. The van der Waals surface area contributed by atoms with Crippen molar-refractivity contribution in [2.75, 3.05) is 27.1 Å². The molecule has 0 atom stereocenters. The highest BCUT2D eigenvalue weighted by Gasteiger charge is 2.20. The van der Waals surface area contributed by atoms with Crippen LogP contribution in [0.5, 0.6) is 23.0 Å². The molecular formula is C21H21ClO7. The minimum Gasteiger partial charge on any atom is -0.493 e. The van der Waals surface area contributed by atoms with Gasteiger partial charge in [0.2, 0.25) is 6.79 Å². The first-order valence-electron chi connectivity index (χ1n) is 9.13. The third-order valence-electron chi connectivity index (χ3n) is 4.24. The molecule has 0 unspecified atom stereocenters. The van der Waals surface area contributed by atoms with Crippen LogP contribution in [0.25, 0.3) is 0 Å². The Kier molecular flexibility index (Phi) is 6.82. The second-order valence-electron chi connectivity index (χ2n) is 6.26. The number of benzene rings is 2. The zero-order valence-corrected chi connectivity index (χ0v) is 16.9. The standard InChI is InChI=1S/C21H21ClO7/c1-3-4-7-26-20-15(22)8-14(10-19(20)25-2)21(24)27-11-16(23)13-5-6-17-18(9-13)29-12-28-17/h5-6,8-10H,3-4,7,11-12H2,1-2H3. The minimum absolute atomic E-state index is 0.114. The number of carbonyl (C=O) groups excluding carboxylic acids is 2. The summed E-state index contributed by atoms with van der Waals surface area (Å²) in [6.45, 7) is 2.22. The average Bonchev–Trinajstić information content (AvgIpc) is 3.20. The number of carbonyl (C=O) groups is 2. The van der Waals surface area contributed by atoms with Crippen LogP contribution in [-0.4, -0.2) is 38.9 Å². The van der Waals surface area contributed by atoms with E-state index in [-0.39, 0.29) is 23.2 Å². The van der Waals surface area contributed by atoms with Gasteiger partial charge in [0.05, 0.1) is 24.3 Å². The number of fused-ring (bicyclic) bond motifs is 1. The van der Waals surface area contributed by atoms with Crippen LogP contribution in [0.4, 0.5) is 0 Å². The molecule has 3 rings (SSSR count). The van der Waals surface area contributed by atoms with E-state index in [1.165, 1.54) is 19.2 Å². The lowest BCUT2D eigenvalue weighted by Gasteiger charge is -2.13. The van der Waals surface area contributed by atoms with Crippen molar-refractivity contribution in [1.29, 1.82) is 0 Å². The fraction of sp³-hybridized carbons (Fsp3) is 0.333. The summed E-state index contributed by atoms with van der Waals surface area (Å²) in [5.41, 5.74) is 0.519. The molecule has 1 aliphatic rings. The van der Waals surface area contributed by atoms with Crippen molar-refractivity contribution in [1.82, 2.24) is 0 Å². The van der Waals surface area contributed by atoms with Crippen LogP contribution in [0.3, 0.4) is 0 Å². The summed E-state index contributed by atoms with van der Waals surface area (Å²) < 4.78 is 26.5. The van der Waals surface area contributed by atoms with E-state index in [0.29, 0.717) is 35.2 Å². The Bertz CT molecular complexity index is 910. The monoisotopic (exact) mass is 420 g/mol. The number of ether oxygens (including phenoxy) is 5. The van der Waals surface area contributed by atoms with Gasteiger partial charge in [-0.2, -0.15) is 0 Å². The number of esters is 1. The SMILES string of the molecule is CCCCOc1c(Cl)cc(C(=O)OCC(=O)c2ccc3c(c2)OCO3)cc1OC. The van der Waals surface area contributed by atoms with E-state index in [9.17, 15) is 9.59 Å². The van der Waals surface area contributed by atoms with Crippen LogP contribution >= 0.6 is 11.6 Å². The Balaban J connectivity index is 1.65. The average molecular weight is 421 g/mol. The smallest absolute Gasteiger partial charge is 0.338 e. The Hall–Kier alpha value is -2.93. The summed E-state index contributed by atoms with van der Waals surface area (Å²) in [6, 6.07) is 7.69. The van der Waals surface area contributed by atoms with Crippen molar-refractivity contribution in [3.05, 3.63) is 46.5 Å². The number of hydrogen-bond donors (Lipinski definition) is 0. The molecular weight excluding hydrogens is 400 g/mol. The third kappa shape index (κ3) is 4.92. The number of methoxy groups -OCH3 is 1. The van der Waals surface area contributed by atoms with Gasteiger partial charge in [-0.15, -0.1) is 0 Å². The molecule has 154 valence electrons. The van der Waals surface area contributed by atoms with E-state index in [4.69, 9.17) is 35.3 Å². The molecule has 0 saturated heterocycles. The molecule has 29 heavy (non-hydrogen) atoms. The summed E-state index contributed by atoms with van der Waals surface area (Å²) in [5, 5.41) is 0.231. The molecule has 0 bridgehead atoms.